The monoisotopic (exact) mass is 395 g/mol. The third-order valence-corrected chi connectivity index (χ3v) is 5.87. The minimum Gasteiger partial charge on any atom is -0.339 e. The first-order valence-electron chi connectivity index (χ1n) is 9.47. The van der Waals surface area contributed by atoms with Gasteiger partial charge in [-0.2, -0.15) is 0 Å². The van der Waals surface area contributed by atoms with E-state index >= 15 is 0 Å². The van der Waals surface area contributed by atoms with Crippen molar-refractivity contribution in [1.82, 2.24) is 14.5 Å². The fourth-order valence-electron chi connectivity index (χ4n) is 3.74. The smallest absolute Gasteiger partial charge is 0.253 e. The van der Waals surface area contributed by atoms with Gasteiger partial charge in [-0.15, -0.1) is 0 Å². The second-order valence-corrected chi connectivity index (χ2v) is 7.89. The largest absolute Gasteiger partial charge is 0.339 e. The van der Waals surface area contributed by atoms with Gasteiger partial charge in [0.15, 0.2) is 0 Å². The highest BCUT2D eigenvalue weighted by Crippen LogP contribution is 2.24. The van der Waals surface area contributed by atoms with Crippen LogP contribution in [0.3, 0.4) is 0 Å². The standard InChI is InChI=1S/C22H22ClN3O2/c1-14-11-19-20(12-15(14)2)26(13-24-19)22(28)17-7-9-25(10-8-17)21(27)16-3-5-18(23)6-4-16/h3-6,11-13,17H,7-10H2,1-2H3. The van der Waals surface area contributed by atoms with Gasteiger partial charge in [0, 0.05) is 29.6 Å². The Morgan fingerprint density at radius 2 is 1.68 bits per heavy atom. The van der Waals surface area contributed by atoms with Gasteiger partial charge in [0.1, 0.15) is 6.33 Å². The molecule has 1 aliphatic rings. The van der Waals surface area contributed by atoms with Crippen LogP contribution in [0.4, 0.5) is 0 Å². The van der Waals surface area contributed by atoms with E-state index in [1.54, 1.807) is 35.2 Å². The Morgan fingerprint density at radius 1 is 1.04 bits per heavy atom. The molecule has 2 aromatic carbocycles. The number of imidazole rings is 1. The maximum Gasteiger partial charge on any atom is 0.253 e. The van der Waals surface area contributed by atoms with Gasteiger partial charge in [-0.25, -0.2) is 4.98 Å². The maximum atomic E-state index is 13.1. The third-order valence-electron chi connectivity index (χ3n) is 5.62. The molecular weight excluding hydrogens is 374 g/mol. The second-order valence-electron chi connectivity index (χ2n) is 7.45. The molecule has 2 heterocycles. The molecular formula is C22H22ClN3O2. The highest BCUT2D eigenvalue weighted by atomic mass is 35.5. The third kappa shape index (κ3) is 3.42. The fourth-order valence-corrected chi connectivity index (χ4v) is 3.87. The summed E-state index contributed by atoms with van der Waals surface area (Å²) in [5, 5.41) is 0.610. The number of amides is 1. The average Bonchev–Trinajstić information content (AvgIpc) is 3.10. The number of carbonyl (C=O) groups excluding carboxylic acids is 2. The van der Waals surface area contributed by atoms with Crippen LogP contribution in [-0.2, 0) is 0 Å². The summed E-state index contributed by atoms with van der Waals surface area (Å²) in [4.78, 5) is 31.9. The Kier molecular flexibility index (Phi) is 4.94. The van der Waals surface area contributed by atoms with E-state index in [4.69, 9.17) is 11.6 Å². The van der Waals surface area contributed by atoms with Gasteiger partial charge in [0.05, 0.1) is 11.0 Å². The number of piperidine rings is 1. The molecule has 5 nitrogen and oxygen atoms in total. The minimum absolute atomic E-state index is 0.0123. The fraction of sp³-hybridized carbons (Fsp3) is 0.318. The van der Waals surface area contributed by atoms with E-state index in [0.717, 1.165) is 16.6 Å². The lowest BCUT2D eigenvalue weighted by atomic mass is 9.95. The Morgan fingerprint density at radius 3 is 2.36 bits per heavy atom. The molecule has 1 amide bonds. The lowest BCUT2D eigenvalue weighted by Crippen LogP contribution is -2.41. The van der Waals surface area contributed by atoms with Crippen molar-refractivity contribution in [3.63, 3.8) is 0 Å². The van der Waals surface area contributed by atoms with Crippen LogP contribution >= 0.6 is 11.6 Å². The van der Waals surface area contributed by atoms with Gasteiger partial charge in [-0.3, -0.25) is 14.2 Å². The van der Waals surface area contributed by atoms with Crippen molar-refractivity contribution in [3.05, 3.63) is 64.4 Å². The molecule has 1 saturated heterocycles. The van der Waals surface area contributed by atoms with Gasteiger partial charge in [0.25, 0.3) is 5.91 Å². The summed E-state index contributed by atoms with van der Waals surface area (Å²) < 4.78 is 1.67. The Balaban J connectivity index is 1.46. The molecule has 4 rings (SSSR count). The second kappa shape index (κ2) is 7.40. The van der Waals surface area contributed by atoms with E-state index in [1.165, 1.54) is 5.56 Å². The summed E-state index contributed by atoms with van der Waals surface area (Å²) in [5.74, 6) is -0.0561. The van der Waals surface area contributed by atoms with Gasteiger partial charge < -0.3 is 4.90 Å². The summed E-state index contributed by atoms with van der Waals surface area (Å²) in [6.45, 7) is 5.23. The Labute approximate surface area is 168 Å². The number of aryl methyl sites for hydroxylation is 2. The number of likely N-dealkylation sites (tertiary alicyclic amines) is 1. The maximum absolute atomic E-state index is 13.1. The molecule has 6 heteroatoms. The van der Waals surface area contributed by atoms with Crippen LogP contribution in [0.2, 0.25) is 5.02 Å². The van der Waals surface area contributed by atoms with Crippen LogP contribution in [-0.4, -0.2) is 39.4 Å². The number of halogens is 1. The van der Waals surface area contributed by atoms with Crippen LogP contribution in [0.25, 0.3) is 11.0 Å². The molecule has 1 fully saturated rings. The molecule has 3 aromatic rings. The molecule has 0 N–H and O–H groups in total. The first-order chi connectivity index (χ1) is 13.4. The van der Waals surface area contributed by atoms with E-state index < -0.39 is 0 Å². The summed E-state index contributed by atoms with van der Waals surface area (Å²) >= 11 is 5.89. The molecule has 0 aliphatic carbocycles. The molecule has 0 bridgehead atoms. The van der Waals surface area contributed by atoms with Crippen molar-refractivity contribution in [2.24, 2.45) is 5.92 Å². The Hall–Kier alpha value is -2.66. The van der Waals surface area contributed by atoms with E-state index in [0.29, 0.717) is 36.5 Å². The van der Waals surface area contributed by atoms with Crippen molar-refractivity contribution >= 4 is 34.4 Å². The average molecular weight is 396 g/mol. The normalized spacial score (nSPS) is 15.2. The van der Waals surface area contributed by atoms with Crippen molar-refractivity contribution in [2.75, 3.05) is 13.1 Å². The van der Waals surface area contributed by atoms with Gasteiger partial charge in [-0.1, -0.05) is 11.6 Å². The quantitative estimate of drug-likeness (QED) is 0.642. The zero-order valence-corrected chi connectivity index (χ0v) is 16.7. The number of rotatable bonds is 2. The van der Waals surface area contributed by atoms with Gasteiger partial charge in [-0.05, 0) is 74.2 Å². The lowest BCUT2D eigenvalue weighted by Gasteiger charge is -2.31. The first-order valence-corrected chi connectivity index (χ1v) is 9.85. The molecule has 0 saturated carbocycles. The molecule has 28 heavy (non-hydrogen) atoms. The van der Waals surface area contributed by atoms with Gasteiger partial charge in [0.2, 0.25) is 5.91 Å². The van der Waals surface area contributed by atoms with Crippen LogP contribution in [0, 0.1) is 19.8 Å². The van der Waals surface area contributed by atoms with Crippen LogP contribution in [0.15, 0.2) is 42.7 Å². The lowest BCUT2D eigenvalue weighted by molar-refractivity contribution is 0.0623. The number of carbonyl (C=O) groups is 2. The molecule has 0 radical (unpaired) electrons. The molecule has 0 unspecified atom stereocenters. The van der Waals surface area contributed by atoms with E-state index in [2.05, 4.69) is 4.98 Å². The van der Waals surface area contributed by atoms with Gasteiger partial charge >= 0.3 is 0 Å². The number of fused-ring (bicyclic) bond motifs is 1. The SMILES string of the molecule is Cc1cc2ncn(C(=O)C3CCN(C(=O)c4ccc(Cl)cc4)CC3)c2cc1C. The minimum atomic E-state index is -0.103. The molecule has 0 spiro atoms. The number of aromatic nitrogens is 2. The molecule has 1 aromatic heterocycles. The predicted molar refractivity (Wildman–Crippen MR) is 110 cm³/mol. The van der Waals surface area contributed by atoms with Crippen molar-refractivity contribution in [2.45, 2.75) is 26.7 Å². The van der Waals surface area contributed by atoms with E-state index in [1.807, 2.05) is 30.9 Å². The summed E-state index contributed by atoms with van der Waals surface area (Å²) in [6.07, 6.45) is 2.93. The Bertz CT molecular complexity index is 1050. The van der Waals surface area contributed by atoms with E-state index in [9.17, 15) is 9.59 Å². The predicted octanol–water partition coefficient (Wildman–Crippen LogP) is 4.50. The summed E-state index contributed by atoms with van der Waals surface area (Å²) in [6, 6.07) is 11.0. The summed E-state index contributed by atoms with van der Waals surface area (Å²) in [5.41, 5.74) is 4.63. The zero-order chi connectivity index (χ0) is 19.8. The number of benzene rings is 2. The number of hydrogen-bond donors (Lipinski definition) is 0. The highest BCUT2D eigenvalue weighted by Gasteiger charge is 2.29. The van der Waals surface area contributed by atoms with Crippen molar-refractivity contribution in [1.29, 1.82) is 0 Å². The van der Waals surface area contributed by atoms with Crippen LogP contribution in [0.5, 0.6) is 0 Å². The molecule has 144 valence electrons. The highest BCUT2D eigenvalue weighted by molar-refractivity contribution is 6.30. The number of hydrogen-bond acceptors (Lipinski definition) is 3. The first kappa shape index (κ1) is 18.7. The van der Waals surface area contributed by atoms with Crippen molar-refractivity contribution in [3.8, 4) is 0 Å². The molecule has 1 aliphatic heterocycles. The van der Waals surface area contributed by atoms with Crippen LogP contribution < -0.4 is 0 Å². The van der Waals surface area contributed by atoms with E-state index in [-0.39, 0.29) is 17.7 Å². The zero-order valence-electron chi connectivity index (χ0n) is 16.0. The topological polar surface area (TPSA) is 55.2 Å². The molecule has 0 atom stereocenters. The van der Waals surface area contributed by atoms with Crippen molar-refractivity contribution < 1.29 is 9.59 Å². The number of nitrogens with zero attached hydrogens (tertiary/aromatic N) is 3. The van der Waals surface area contributed by atoms with Crippen LogP contribution in [0.1, 0.15) is 39.1 Å². The summed E-state index contributed by atoms with van der Waals surface area (Å²) in [7, 11) is 0.